The van der Waals surface area contributed by atoms with Crippen molar-refractivity contribution in [2.24, 2.45) is 0 Å². The first-order valence-electron chi connectivity index (χ1n) is 4.13. The average Bonchev–Trinajstić information content (AvgIpc) is 2.11. The van der Waals surface area contributed by atoms with Crippen LogP contribution in [0, 0.1) is 0 Å². The number of rotatable bonds is 5. The zero-order chi connectivity index (χ0) is 11.3. The molecule has 0 amide bonds. The van der Waals surface area contributed by atoms with Crippen molar-refractivity contribution < 1.29 is 8.42 Å². The third-order valence-electron chi connectivity index (χ3n) is 1.43. The third-order valence-corrected chi connectivity index (χ3v) is 2.59. The molecule has 0 saturated carbocycles. The first kappa shape index (κ1) is 12.3. The molecule has 1 heterocycles. The van der Waals surface area contributed by atoms with Crippen LogP contribution in [0.25, 0.3) is 0 Å². The molecule has 0 fully saturated rings. The first-order valence-corrected chi connectivity index (χ1v) is 6.82. The molecule has 0 aliphatic rings. The zero-order valence-electron chi connectivity index (χ0n) is 8.07. The van der Waals surface area contributed by atoms with Crippen molar-refractivity contribution in [1.29, 1.82) is 0 Å². The summed E-state index contributed by atoms with van der Waals surface area (Å²) < 4.78 is 24.5. The highest BCUT2D eigenvalue weighted by Crippen LogP contribution is 2.08. The Kier molecular flexibility index (Phi) is 4.43. The molecule has 8 heteroatoms. The van der Waals surface area contributed by atoms with Gasteiger partial charge in [0.2, 0.25) is 10.0 Å². The normalized spacial score (nSPS) is 11.3. The van der Waals surface area contributed by atoms with Gasteiger partial charge in [0.1, 0.15) is 16.7 Å². The number of sulfonamides is 1. The first-order chi connectivity index (χ1) is 6.97. The Morgan fingerprint density at radius 1 is 1.40 bits per heavy atom. The molecule has 6 nitrogen and oxygen atoms in total. The smallest absolute Gasteiger partial charge is 0.208 e. The Morgan fingerprint density at radius 3 is 2.73 bits per heavy atom. The SMILES string of the molecule is CS(=O)(=O)NCCNc1cc(Br)ncn1. The summed E-state index contributed by atoms with van der Waals surface area (Å²) in [6, 6.07) is 1.71. The summed E-state index contributed by atoms with van der Waals surface area (Å²) in [5, 5.41) is 2.95. The van der Waals surface area contributed by atoms with Crippen LogP contribution in [0.1, 0.15) is 0 Å². The summed E-state index contributed by atoms with van der Waals surface area (Å²) in [7, 11) is -3.12. The van der Waals surface area contributed by atoms with Crippen LogP contribution in [-0.2, 0) is 10.0 Å². The number of halogens is 1. The fourth-order valence-electron chi connectivity index (χ4n) is 0.857. The highest BCUT2D eigenvalue weighted by atomic mass is 79.9. The zero-order valence-corrected chi connectivity index (χ0v) is 10.5. The van der Waals surface area contributed by atoms with Crippen molar-refractivity contribution in [3.63, 3.8) is 0 Å². The van der Waals surface area contributed by atoms with E-state index in [0.717, 1.165) is 6.26 Å². The fraction of sp³-hybridized carbons (Fsp3) is 0.429. The molecule has 15 heavy (non-hydrogen) atoms. The van der Waals surface area contributed by atoms with Crippen LogP contribution in [0.5, 0.6) is 0 Å². The van der Waals surface area contributed by atoms with Crippen LogP contribution in [0.4, 0.5) is 5.82 Å². The maximum atomic E-state index is 10.7. The van der Waals surface area contributed by atoms with Crippen molar-refractivity contribution in [2.45, 2.75) is 0 Å². The lowest BCUT2D eigenvalue weighted by Crippen LogP contribution is -2.27. The minimum absolute atomic E-state index is 0.320. The van der Waals surface area contributed by atoms with Crippen LogP contribution in [0.2, 0.25) is 0 Å². The average molecular weight is 295 g/mol. The van der Waals surface area contributed by atoms with E-state index in [0.29, 0.717) is 23.5 Å². The van der Waals surface area contributed by atoms with Crippen molar-refractivity contribution in [3.8, 4) is 0 Å². The van der Waals surface area contributed by atoms with Gasteiger partial charge in [-0.15, -0.1) is 0 Å². The van der Waals surface area contributed by atoms with E-state index in [1.165, 1.54) is 6.33 Å². The van der Waals surface area contributed by atoms with Gasteiger partial charge in [-0.2, -0.15) is 0 Å². The Balaban J connectivity index is 2.32. The topological polar surface area (TPSA) is 84.0 Å². The molecule has 0 saturated heterocycles. The monoisotopic (exact) mass is 294 g/mol. The lowest BCUT2D eigenvalue weighted by atomic mass is 10.5. The highest BCUT2D eigenvalue weighted by Gasteiger charge is 1.99. The summed E-state index contributed by atoms with van der Waals surface area (Å²) in [5.74, 6) is 0.646. The molecule has 1 aromatic heterocycles. The molecule has 2 N–H and O–H groups in total. The number of nitrogens with one attached hydrogen (secondary N) is 2. The molecular formula is C7H11BrN4O2S. The van der Waals surface area contributed by atoms with Gasteiger partial charge in [0, 0.05) is 19.2 Å². The quantitative estimate of drug-likeness (QED) is 0.599. The lowest BCUT2D eigenvalue weighted by molar-refractivity contribution is 0.589. The van der Waals surface area contributed by atoms with Gasteiger partial charge in [-0.25, -0.2) is 23.1 Å². The standard InChI is InChI=1S/C7H11BrN4O2S/c1-15(13,14)12-3-2-9-7-4-6(8)10-5-11-7/h4-5,12H,2-3H2,1H3,(H,9,10,11). The molecule has 0 unspecified atom stereocenters. The summed E-state index contributed by atoms with van der Waals surface area (Å²) in [6.07, 6.45) is 2.53. The molecule has 0 aliphatic carbocycles. The van der Waals surface area contributed by atoms with Gasteiger partial charge in [-0.05, 0) is 15.9 Å². The summed E-state index contributed by atoms with van der Waals surface area (Å²) >= 11 is 3.20. The fourth-order valence-corrected chi connectivity index (χ4v) is 1.64. The highest BCUT2D eigenvalue weighted by molar-refractivity contribution is 9.10. The van der Waals surface area contributed by atoms with Gasteiger partial charge < -0.3 is 5.32 Å². The van der Waals surface area contributed by atoms with Crippen LogP contribution >= 0.6 is 15.9 Å². The second-order valence-electron chi connectivity index (χ2n) is 2.82. The van der Waals surface area contributed by atoms with Crippen molar-refractivity contribution in [3.05, 3.63) is 17.0 Å². The molecule has 0 aromatic carbocycles. The largest absolute Gasteiger partial charge is 0.369 e. The van der Waals surface area contributed by atoms with Crippen molar-refractivity contribution >= 4 is 31.8 Å². The predicted molar refractivity (Wildman–Crippen MR) is 61.1 cm³/mol. The molecular weight excluding hydrogens is 284 g/mol. The van der Waals surface area contributed by atoms with Crippen LogP contribution < -0.4 is 10.0 Å². The molecule has 0 spiro atoms. The molecule has 0 bridgehead atoms. The molecule has 0 radical (unpaired) electrons. The second kappa shape index (κ2) is 5.38. The number of anilines is 1. The van der Waals surface area contributed by atoms with E-state index < -0.39 is 10.0 Å². The second-order valence-corrected chi connectivity index (χ2v) is 5.46. The van der Waals surface area contributed by atoms with E-state index in [4.69, 9.17) is 0 Å². The van der Waals surface area contributed by atoms with Gasteiger partial charge in [-0.1, -0.05) is 0 Å². The van der Waals surface area contributed by atoms with Gasteiger partial charge in [0.25, 0.3) is 0 Å². The van der Waals surface area contributed by atoms with E-state index in [1.807, 2.05) is 0 Å². The van der Waals surface area contributed by atoms with Crippen LogP contribution in [0.3, 0.4) is 0 Å². The van der Waals surface area contributed by atoms with Crippen LogP contribution in [0.15, 0.2) is 17.0 Å². The van der Waals surface area contributed by atoms with Gasteiger partial charge >= 0.3 is 0 Å². The van der Waals surface area contributed by atoms with E-state index in [-0.39, 0.29) is 0 Å². The summed E-state index contributed by atoms with van der Waals surface area (Å²) in [5.41, 5.74) is 0. The molecule has 0 atom stereocenters. The minimum Gasteiger partial charge on any atom is -0.369 e. The van der Waals surface area contributed by atoms with Crippen molar-refractivity contribution in [2.75, 3.05) is 24.7 Å². The molecule has 1 rings (SSSR count). The van der Waals surface area contributed by atoms with Gasteiger partial charge in [0.15, 0.2) is 0 Å². The van der Waals surface area contributed by atoms with Crippen LogP contribution in [-0.4, -0.2) is 37.7 Å². The van der Waals surface area contributed by atoms with Crippen molar-refractivity contribution in [1.82, 2.24) is 14.7 Å². The number of hydrogen-bond acceptors (Lipinski definition) is 5. The summed E-state index contributed by atoms with van der Waals surface area (Å²) in [6.45, 7) is 0.789. The minimum atomic E-state index is -3.12. The molecule has 84 valence electrons. The van der Waals surface area contributed by atoms with Gasteiger partial charge in [-0.3, -0.25) is 0 Å². The lowest BCUT2D eigenvalue weighted by Gasteiger charge is -2.05. The Bertz CT molecular complexity index is 423. The third kappa shape index (κ3) is 5.65. The number of aromatic nitrogens is 2. The Labute approximate surface area is 96.7 Å². The number of nitrogens with zero attached hydrogens (tertiary/aromatic N) is 2. The molecule has 1 aromatic rings. The van der Waals surface area contributed by atoms with Gasteiger partial charge in [0.05, 0.1) is 6.26 Å². The number of hydrogen-bond donors (Lipinski definition) is 2. The van der Waals surface area contributed by atoms with E-state index in [2.05, 4.69) is 35.9 Å². The van der Waals surface area contributed by atoms with E-state index in [9.17, 15) is 8.42 Å². The predicted octanol–water partition coefficient (Wildman–Crippen LogP) is 0.200. The Hall–Kier alpha value is -0.730. The van der Waals surface area contributed by atoms with E-state index >= 15 is 0 Å². The molecule has 0 aliphatic heterocycles. The van der Waals surface area contributed by atoms with E-state index in [1.54, 1.807) is 6.07 Å². The maximum Gasteiger partial charge on any atom is 0.208 e. The summed E-state index contributed by atoms with van der Waals surface area (Å²) in [4.78, 5) is 7.81. The maximum absolute atomic E-state index is 10.7. The Morgan fingerprint density at radius 2 is 2.13 bits per heavy atom.